The van der Waals surface area contributed by atoms with Gasteiger partial charge in [-0.1, -0.05) is 35.2 Å². The van der Waals surface area contributed by atoms with Crippen molar-refractivity contribution in [2.24, 2.45) is 0 Å². The molecule has 0 atom stereocenters. The first-order valence-corrected chi connectivity index (χ1v) is 8.57. The number of carbonyl (C=O) groups is 1. The second-order valence-corrected chi connectivity index (χ2v) is 6.32. The Kier molecular flexibility index (Phi) is 7.17. The SMILES string of the molecule is C#CCOc1c(Cl)cc(/C=C(\C#N)C(=O)Nc2cccc(C(F)(F)F)c2)cc1Cl. The molecular weight excluding hydrogens is 428 g/mol. The fourth-order valence-corrected chi connectivity index (χ4v) is 2.81. The van der Waals surface area contributed by atoms with Crippen LogP contribution in [-0.2, 0) is 11.0 Å². The molecule has 2 rings (SSSR count). The van der Waals surface area contributed by atoms with Crippen molar-refractivity contribution in [1.29, 1.82) is 5.26 Å². The number of benzene rings is 2. The summed E-state index contributed by atoms with van der Waals surface area (Å²) in [5.74, 6) is 1.51. The van der Waals surface area contributed by atoms with Crippen LogP contribution < -0.4 is 10.1 Å². The minimum atomic E-state index is -4.56. The van der Waals surface area contributed by atoms with Crippen LogP contribution in [0.3, 0.4) is 0 Å². The number of ether oxygens (including phenoxy) is 1. The molecule has 0 aliphatic heterocycles. The highest BCUT2D eigenvalue weighted by Crippen LogP contribution is 2.35. The highest BCUT2D eigenvalue weighted by molar-refractivity contribution is 6.37. The van der Waals surface area contributed by atoms with Crippen LogP contribution >= 0.6 is 23.2 Å². The Morgan fingerprint density at radius 1 is 1.24 bits per heavy atom. The van der Waals surface area contributed by atoms with Crippen molar-refractivity contribution in [3.8, 4) is 24.2 Å². The average molecular weight is 439 g/mol. The van der Waals surface area contributed by atoms with Gasteiger partial charge < -0.3 is 10.1 Å². The fourth-order valence-electron chi connectivity index (χ4n) is 2.20. The van der Waals surface area contributed by atoms with E-state index in [1.807, 2.05) is 0 Å². The normalized spacial score (nSPS) is 11.3. The van der Waals surface area contributed by atoms with Gasteiger partial charge in [0.1, 0.15) is 18.2 Å². The molecule has 0 radical (unpaired) electrons. The van der Waals surface area contributed by atoms with Crippen molar-refractivity contribution < 1.29 is 22.7 Å². The Morgan fingerprint density at radius 2 is 1.90 bits per heavy atom. The highest BCUT2D eigenvalue weighted by Gasteiger charge is 2.30. The Hall–Kier alpha value is -3.13. The zero-order valence-electron chi connectivity index (χ0n) is 14.5. The molecule has 0 heterocycles. The lowest BCUT2D eigenvalue weighted by atomic mass is 10.1. The number of rotatable bonds is 5. The maximum absolute atomic E-state index is 12.8. The summed E-state index contributed by atoms with van der Waals surface area (Å²) in [5, 5.41) is 11.7. The van der Waals surface area contributed by atoms with E-state index >= 15 is 0 Å². The van der Waals surface area contributed by atoms with Gasteiger partial charge in [-0.15, -0.1) is 6.42 Å². The predicted octanol–water partition coefficient (Wildman–Crippen LogP) is 5.57. The van der Waals surface area contributed by atoms with Gasteiger partial charge in [0.25, 0.3) is 5.91 Å². The molecule has 0 saturated carbocycles. The minimum absolute atomic E-state index is 0.0581. The lowest BCUT2D eigenvalue weighted by molar-refractivity contribution is -0.137. The van der Waals surface area contributed by atoms with Gasteiger partial charge in [0, 0.05) is 5.69 Å². The Morgan fingerprint density at radius 3 is 2.45 bits per heavy atom. The van der Waals surface area contributed by atoms with E-state index in [-0.39, 0.29) is 33.7 Å². The van der Waals surface area contributed by atoms with E-state index < -0.39 is 17.6 Å². The first kappa shape index (κ1) is 22.2. The number of hydrogen-bond donors (Lipinski definition) is 1. The molecule has 1 amide bonds. The quantitative estimate of drug-likeness (QED) is 0.377. The number of alkyl halides is 3. The largest absolute Gasteiger partial charge is 0.478 e. The summed E-state index contributed by atoms with van der Waals surface area (Å²) in [6.45, 7) is -0.0581. The zero-order valence-corrected chi connectivity index (χ0v) is 16.0. The molecular formula is C20H11Cl2F3N2O2. The summed E-state index contributed by atoms with van der Waals surface area (Å²) in [5.41, 5.74) is -1.10. The van der Waals surface area contributed by atoms with Crippen LogP contribution in [0.4, 0.5) is 18.9 Å². The molecule has 29 heavy (non-hydrogen) atoms. The number of nitrogens with zero attached hydrogens (tertiary/aromatic N) is 1. The molecule has 1 N–H and O–H groups in total. The monoisotopic (exact) mass is 438 g/mol. The van der Waals surface area contributed by atoms with E-state index in [0.717, 1.165) is 18.2 Å². The Bertz CT molecular complexity index is 1030. The molecule has 148 valence electrons. The van der Waals surface area contributed by atoms with Crippen molar-refractivity contribution >= 4 is 40.9 Å². The highest BCUT2D eigenvalue weighted by atomic mass is 35.5. The molecule has 4 nitrogen and oxygen atoms in total. The Balaban J connectivity index is 2.27. The van der Waals surface area contributed by atoms with E-state index in [2.05, 4.69) is 11.2 Å². The van der Waals surface area contributed by atoms with Gasteiger partial charge >= 0.3 is 6.18 Å². The van der Waals surface area contributed by atoms with Crippen LogP contribution in [0.5, 0.6) is 5.75 Å². The van der Waals surface area contributed by atoms with Gasteiger partial charge in [-0.3, -0.25) is 4.79 Å². The van der Waals surface area contributed by atoms with Crippen molar-refractivity contribution in [3.63, 3.8) is 0 Å². The van der Waals surface area contributed by atoms with Crippen LogP contribution in [0, 0.1) is 23.7 Å². The maximum Gasteiger partial charge on any atom is 0.416 e. The number of nitrogens with one attached hydrogen (secondary N) is 1. The lowest BCUT2D eigenvalue weighted by Gasteiger charge is -2.10. The first-order chi connectivity index (χ1) is 13.7. The second kappa shape index (κ2) is 9.38. The summed E-state index contributed by atoms with van der Waals surface area (Å²) >= 11 is 12.1. The van der Waals surface area contributed by atoms with E-state index in [9.17, 15) is 23.2 Å². The molecule has 0 fully saturated rings. The molecule has 0 saturated heterocycles. The third-order valence-corrected chi connectivity index (χ3v) is 4.01. The number of halogens is 5. The number of amides is 1. The van der Waals surface area contributed by atoms with Crippen LogP contribution in [0.1, 0.15) is 11.1 Å². The first-order valence-electron chi connectivity index (χ1n) is 7.81. The van der Waals surface area contributed by atoms with Crippen LogP contribution in [0.25, 0.3) is 6.08 Å². The topological polar surface area (TPSA) is 62.1 Å². The van der Waals surface area contributed by atoms with Crippen LogP contribution in [0.2, 0.25) is 10.0 Å². The van der Waals surface area contributed by atoms with E-state index in [1.165, 1.54) is 24.3 Å². The van der Waals surface area contributed by atoms with Gasteiger partial charge in [0.15, 0.2) is 5.75 Å². The minimum Gasteiger partial charge on any atom is -0.478 e. The van der Waals surface area contributed by atoms with Crippen LogP contribution in [0.15, 0.2) is 42.0 Å². The van der Waals surface area contributed by atoms with Crippen LogP contribution in [-0.4, -0.2) is 12.5 Å². The third kappa shape index (κ3) is 5.92. The van der Waals surface area contributed by atoms with Crippen molar-refractivity contribution in [1.82, 2.24) is 0 Å². The standard InChI is InChI=1S/C20H11Cl2F3N2O2/c1-2-6-29-18-16(21)8-12(9-17(18)22)7-13(11-26)19(28)27-15-5-3-4-14(10-15)20(23,24)25/h1,3-5,7-10H,6H2,(H,27,28)/b13-7+. The van der Waals surface area contributed by atoms with Gasteiger partial charge in [0.05, 0.1) is 15.6 Å². The van der Waals surface area contributed by atoms with Gasteiger partial charge in [-0.25, -0.2) is 0 Å². The van der Waals surface area contributed by atoms with Gasteiger partial charge in [0.2, 0.25) is 0 Å². The van der Waals surface area contributed by atoms with Gasteiger partial charge in [-0.05, 0) is 42.0 Å². The van der Waals surface area contributed by atoms with E-state index in [0.29, 0.717) is 5.56 Å². The molecule has 9 heteroatoms. The molecule has 0 aliphatic rings. The molecule has 0 spiro atoms. The molecule has 0 aliphatic carbocycles. The number of carbonyl (C=O) groups excluding carboxylic acids is 1. The molecule has 2 aromatic rings. The number of anilines is 1. The maximum atomic E-state index is 12.8. The lowest BCUT2D eigenvalue weighted by Crippen LogP contribution is -2.14. The summed E-state index contributed by atoms with van der Waals surface area (Å²) < 4.78 is 43.6. The fraction of sp³-hybridized carbons (Fsp3) is 0.100. The molecule has 0 bridgehead atoms. The van der Waals surface area contributed by atoms with Gasteiger partial charge in [-0.2, -0.15) is 18.4 Å². The summed E-state index contributed by atoms with van der Waals surface area (Å²) in [6.07, 6.45) is 1.73. The van der Waals surface area contributed by atoms with E-state index in [4.69, 9.17) is 34.4 Å². The zero-order chi connectivity index (χ0) is 21.6. The molecule has 0 unspecified atom stereocenters. The number of hydrogen-bond acceptors (Lipinski definition) is 3. The molecule has 2 aromatic carbocycles. The van der Waals surface area contributed by atoms with Crippen molar-refractivity contribution in [3.05, 3.63) is 63.1 Å². The Labute approximate surface area is 174 Å². The van der Waals surface area contributed by atoms with Crippen molar-refractivity contribution in [2.45, 2.75) is 6.18 Å². The number of nitriles is 1. The van der Waals surface area contributed by atoms with E-state index in [1.54, 1.807) is 6.07 Å². The average Bonchev–Trinajstić information content (AvgIpc) is 2.65. The summed E-state index contributed by atoms with van der Waals surface area (Å²) in [6, 6.07) is 8.52. The smallest absolute Gasteiger partial charge is 0.416 e. The number of terminal acetylenes is 1. The third-order valence-electron chi connectivity index (χ3n) is 3.44. The summed E-state index contributed by atoms with van der Waals surface area (Å²) in [7, 11) is 0. The molecule has 0 aromatic heterocycles. The second-order valence-electron chi connectivity index (χ2n) is 5.51. The van der Waals surface area contributed by atoms with Crippen molar-refractivity contribution in [2.75, 3.05) is 11.9 Å². The predicted molar refractivity (Wildman–Crippen MR) is 104 cm³/mol. The summed E-state index contributed by atoms with van der Waals surface area (Å²) in [4.78, 5) is 12.3.